The maximum Gasteiger partial charge on any atom is 0.337 e. The molecule has 0 fully saturated rings. The van der Waals surface area contributed by atoms with Crippen molar-refractivity contribution >= 4 is 35.0 Å². The van der Waals surface area contributed by atoms with E-state index in [1.807, 2.05) is 48.6 Å². The molecule has 0 radical (unpaired) electrons. The van der Waals surface area contributed by atoms with Gasteiger partial charge in [-0.05, 0) is 35.9 Å². The molecular formula is C22H19NO4. The first-order valence-corrected chi connectivity index (χ1v) is 8.57. The minimum Gasteiger partial charge on any atom is -0.465 e. The number of pyridine rings is 1. The van der Waals surface area contributed by atoms with Crippen LogP contribution in [0.15, 0.2) is 54.6 Å². The van der Waals surface area contributed by atoms with Gasteiger partial charge in [0.1, 0.15) is 5.52 Å². The van der Waals surface area contributed by atoms with E-state index >= 15 is 0 Å². The van der Waals surface area contributed by atoms with E-state index in [9.17, 15) is 9.59 Å². The smallest absolute Gasteiger partial charge is 0.337 e. The molecule has 0 aliphatic carbocycles. The second kappa shape index (κ2) is 8.27. The average Bonchev–Trinajstić information content (AvgIpc) is 2.72. The molecule has 0 aliphatic rings. The molecule has 2 aromatic carbocycles. The SMILES string of the molecule is CCC(=O)Oc1cccc2ccc(/C=C/c3ccc(C(=O)OC)cc3)nc12. The molecular weight excluding hydrogens is 342 g/mol. The quantitative estimate of drug-likeness (QED) is 0.494. The lowest BCUT2D eigenvalue weighted by atomic mass is 10.1. The lowest BCUT2D eigenvalue weighted by Gasteiger charge is -2.07. The monoisotopic (exact) mass is 361 g/mol. The van der Waals surface area contributed by atoms with E-state index in [1.54, 1.807) is 25.1 Å². The Balaban J connectivity index is 1.86. The largest absolute Gasteiger partial charge is 0.465 e. The number of hydrogen-bond acceptors (Lipinski definition) is 5. The first kappa shape index (κ1) is 18.3. The van der Waals surface area contributed by atoms with Crippen LogP contribution in [0.1, 0.15) is 35.0 Å². The number of methoxy groups -OCH3 is 1. The van der Waals surface area contributed by atoms with Crippen LogP contribution in [0.2, 0.25) is 0 Å². The zero-order valence-electron chi connectivity index (χ0n) is 15.1. The fourth-order valence-electron chi connectivity index (χ4n) is 2.53. The summed E-state index contributed by atoms with van der Waals surface area (Å²) in [4.78, 5) is 27.7. The fourth-order valence-corrected chi connectivity index (χ4v) is 2.53. The van der Waals surface area contributed by atoms with Gasteiger partial charge in [-0.15, -0.1) is 0 Å². The molecule has 0 aliphatic heterocycles. The zero-order chi connectivity index (χ0) is 19.2. The molecule has 0 atom stereocenters. The van der Waals surface area contributed by atoms with Gasteiger partial charge in [0.2, 0.25) is 0 Å². The van der Waals surface area contributed by atoms with Crippen LogP contribution in [0.5, 0.6) is 5.75 Å². The van der Waals surface area contributed by atoms with E-state index in [-0.39, 0.29) is 11.9 Å². The van der Waals surface area contributed by atoms with Crippen molar-refractivity contribution in [1.29, 1.82) is 0 Å². The van der Waals surface area contributed by atoms with Gasteiger partial charge in [0.15, 0.2) is 5.75 Å². The van der Waals surface area contributed by atoms with Crippen molar-refractivity contribution in [2.45, 2.75) is 13.3 Å². The number of aromatic nitrogens is 1. The van der Waals surface area contributed by atoms with Crippen molar-refractivity contribution in [3.05, 3.63) is 71.4 Å². The van der Waals surface area contributed by atoms with Crippen LogP contribution in [0, 0.1) is 0 Å². The van der Waals surface area contributed by atoms with Gasteiger partial charge < -0.3 is 9.47 Å². The molecule has 0 amide bonds. The van der Waals surface area contributed by atoms with Gasteiger partial charge in [0.05, 0.1) is 18.4 Å². The normalized spacial score (nSPS) is 10.9. The Kier molecular flexibility index (Phi) is 5.61. The molecule has 3 aromatic rings. The number of carbonyl (C=O) groups excluding carboxylic acids is 2. The summed E-state index contributed by atoms with van der Waals surface area (Å²) in [5, 5.41) is 0.899. The Morgan fingerprint density at radius 3 is 2.48 bits per heavy atom. The summed E-state index contributed by atoms with van der Waals surface area (Å²) in [6, 6.07) is 16.4. The van der Waals surface area contributed by atoms with Gasteiger partial charge in [-0.1, -0.05) is 43.3 Å². The summed E-state index contributed by atoms with van der Waals surface area (Å²) >= 11 is 0. The second-order valence-corrected chi connectivity index (χ2v) is 5.84. The number of nitrogens with zero attached hydrogens (tertiary/aromatic N) is 1. The lowest BCUT2D eigenvalue weighted by molar-refractivity contribution is -0.133. The molecule has 5 nitrogen and oxygen atoms in total. The van der Waals surface area contributed by atoms with E-state index in [1.165, 1.54) is 7.11 Å². The molecule has 5 heteroatoms. The molecule has 0 saturated heterocycles. The Labute approximate surface area is 157 Å². The maximum absolute atomic E-state index is 11.6. The van der Waals surface area contributed by atoms with Crippen LogP contribution in [-0.2, 0) is 9.53 Å². The highest BCUT2D eigenvalue weighted by Crippen LogP contribution is 2.25. The topological polar surface area (TPSA) is 65.5 Å². The molecule has 0 unspecified atom stereocenters. The highest BCUT2D eigenvalue weighted by atomic mass is 16.5. The lowest BCUT2D eigenvalue weighted by Crippen LogP contribution is -2.06. The highest BCUT2D eigenvalue weighted by Gasteiger charge is 2.08. The second-order valence-electron chi connectivity index (χ2n) is 5.84. The maximum atomic E-state index is 11.6. The van der Waals surface area contributed by atoms with Crippen molar-refractivity contribution in [2.75, 3.05) is 7.11 Å². The van der Waals surface area contributed by atoms with Crippen molar-refractivity contribution < 1.29 is 19.1 Å². The molecule has 3 rings (SSSR count). The van der Waals surface area contributed by atoms with Crippen LogP contribution >= 0.6 is 0 Å². The van der Waals surface area contributed by atoms with Crippen LogP contribution in [0.4, 0.5) is 0 Å². The molecule has 0 saturated carbocycles. The van der Waals surface area contributed by atoms with Gasteiger partial charge in [0, 0.05) is 11.8 Å². The number of benzene rings is 2. The van der Waals surface area contributed by atoms with Crippen LogP contribution < -0.4 is 4.74 Å². The number of carbonyl (C=O) groups is 2. The Morgan fingerprint density at radius 1 is 1.00 bits per heavy atom. The van der Waals surface area contributed by atoms with E-state index in [2.05, 4.69) is 4.98 Å². The Hall–Kier alpha value is -3.47. The average molecular weight is 361 g/mol. The zero-order valence-corrected chi connectivity index (χ0v) is 15.1. The van der Waals surface area contributed by atoms with Gasteiger partial charge in [0.25, 0.3) is 0 Å². The summed E-state index contributed by atoms with van der Waals surface area (Å²) in [5.41, 5.74) is 2.80. The van der Waals surface area contributed by atoms with E-state index in [0.717, 1.165) is 16.6 Å². The summed E-state index contributed by atoms with van der Waals surface area (Å²) < 4.78 is 10.1. The van der Waals surface area contributed by atoms with Crippen molar-refractivity contribution in [2.24, 2.45) is 0 Å². The molecule has 1 aromatic heterocycles. The van der Waals surface area contributed by atoms with Gasteiger partial charge in [-0.25, -0.2) is 9.78 Å². The summed E-state index contributed by atoms with van der Waals surface area (Å²) in [5.74, 6) is -0.205. The molecule has 0 spiro atoms. The molecule has 1 heterocycles. The minimum atomic E-state index is -0.365. The number of esters is 2. The van der Waals surface area contributed by atoms with Gasteiger partial charge in [-0.2, -0.15) is 0 Å². The van der Waals surface area contributed by atoms with E-state index in [4.69, 9.17) is 9.47 Å². The minimum absolute atomic E-state index is 0.295. The number of para-hydroxylation sites is 1. The van der Waals surface area contributed by atoms with E-state index in [0.29, 0.717) is 23.3 Å². The summed E-state index contributed by atoms with van der Waals surface area (Å²) in [7, 11) is 1.35. The van der Waals surface area contributed by atoms with Crippen LogP contribution in [0.3, 0.4) is 0 Å². The summed E-state index contributed by atoms with van der Waals surface area (Å²) in [6.45, 7) is 1.75. The first-order chi connectivity index (χ1) is 13.1. The highest BCUT2D eigenvalue weighted by molar-refractivity contribution is 5.90. The first-order valence-electron chi connectivity index (χ1n) is 8.57. The third-order valence-electron chi connectivity index (χ3n) is 4.00. The third-order valence-corrected chi connectivity index (χ3v) is 4.00. The predicted octanol–water partition coefficient (Wildman–Crippen LogP) is 4.51. The Bertz CT molecular complexity index is 1010. The van der Waals surface area contributed by atoms with Gasteiger partial charge >= 0.3 is 11.9 Å². The van der Waals surface area contributed by atoms with Crippen LogP contribution in [0.25, 0.3) is 23.1 Å². The third kappa shape index (κ3) is 4.39. The predicted molar refractivity (Wildman–Crippen MR) is 104 cm³/mol. The molecule has 136 valence electrons. The van der Waals surface area contributed by atoms with E-state index < -0.39 is 0 Å². The molecule has 0 bridgehead atoms. The van der Waals surface area contributed by atoms with Crippen molar-refractivity contribution in [3.63, 3.8) is 0 Å². The van der Waals surface area contributed by atoms with Crippen molar-refractivity contribution in [1.82, 2.24) is 4.98 Å². The fraction of sp³-hybridized carbons (Fsp3) is 0.136. The number of ether oxygens (including phenoxy) is 2. The molecule has 27 heavy (non-hydrogen) atoms. The van der Waals surface area contributed by atoms with Gasteiger partial charge in [-0.3, -0.25) is 4.79 Å². The number of rotatable bonds is 5. The standard InChI is InChI=1S/C22H19NO4/c1-3-20(24)27-19-6-4-5-16-12-14-18(23-21(16)19)13-9-15-7-10-17(11-8-15)22(25)26-2/h4-14H,3H2,1-2H3/b13-9+. The van der Waals surface area contributed by atoms with Crippen molar-refractivity contribution in [3.8, 4) is 5.75 Å². The van der Waals surface area contributed by atoms with Crippen LogP contribution in [-0.4, -0.2) is 24.0 Å². The molecule has 0 N–H and O–H groups in total. The number of fused-ring (bicyclic) bond motifs is 1. The summed E-state index contributed by atoms with van der Waals surface area (Å²) in [6.07, 6.45) is 4.07. The number of hydrogen-bond donors (Lipinski definition) is 0. The Morgan fingerprint density at radius 2 is 1.78 bits per heavy atom.